The van der Waals surface area contributed by atoms with Crippen LogP contribution in [-0.4, -0.2) is 86.6 Å². The van der Waals surface area contributed by atoms with Crippen molar-refractivity contribution in [2.24, 2.45) is 0 Å². The minimum absolute atomic E-state index is 0.0425. The molecule has 3 amide bonds. The molecule has 0 radical (unpaired) electrons. The van der Waals surface area contributed by atoms with E-state index in [4.69, 9.17) is 32.7 Å². The molecule has 44 heavy (non-hydrogen) atoms. The Morgan fingerprint density at radius 2 is 1.68 bits per heavy atom. The summed E-state index contributed by atoms with van der Waals surface area (Å²) in [6.07, 6.45) is 0. The highest BCUT2D eigenvalue weighted by Crippen LogP contribution is 2.39. The van der Waals surface area contributed by atoms with E-state index < -0.39 is 0 Å². The number of likely N-dealkylation sites (N-methyl/N-ethyl adjacent to an activating group) is 1. The van der Waals surface area contributed by atoms with Crippen molar-refractivity contribution in [3.8, 4) is 16.9 Å². The molecule has 5 rings (SSSR count). The van der Waals surface area contributed by atoms with Gasteiger partial charge in [0.1, 0.15) is 12.3 Å². The molecule has 1 N–H and O–H groups in total. The SMILES string of the molecule is CC(C)NC(=O)c1cccc(-c2ccc(C(CN3CCOCC3)N(C)C(=O)CN3C(=O)COc4cc(Cl)c(Cl)cc43)cc2)c1. The summed E-state index contributed by atoms with van der Waals surface area (Å²) in [5.74, 6) is -0.281. The highest BCUT2D eigenvalue weighted by atomic mass is 35.5. The molecule has 2 aliphatic heterocycles. The molecule has 1 atom stereocenters. The normalized spacial score (nSPS) is 15.9. The summed E-state index contributed by atoms with van der Waals surface area (Å²) in [6, 6.07) is 18.4. The summed E-state index contributed by atoms with van der Waals surface area (Å²) in [5, 5.41) is 3.51. The van der Waals surface area contributed by atoms with Gasteiger partial charge >= 0.3 is 0 Å². The van der Waals surface area contributed by atoms with Gasteiger partial charge in [-0.3, -0.25) is 24.2 Å². The topological polar surface area (TPSA) is 91.4 Å². The number of amides is 3. The number of rotatable bonds is 9. The minimum Gasteiger partial charge on any atom is -0.482 e. The van der Waals surface area contributed by atoms with Gasteiger partial charge in [-0.2, -0.15) is 0 Å². The van der Waals surface area contributed by atoms with Gasteiger partial charge in [-0.1, -0.05) is 59.6 Å². The molecule has 3 aromatic carbocycles. The first-order chi connectivity index (χ1) is 21.1. The van der Waals surface area contributed by atoms with E-state index in [2.05, 4.69) is 10.2 Å². The van der Waals surface area contributed by atoms with Crippen molar-refractivity contribution >= 4 is 46.6 Å². The van der Waals surface area contributed by atoms with Crippen LogP contribution >= 0.6 is 23.2 Å². The van der Waals surface area contributed by atoms with Crippen LogP contribution in [0.5, 0.6) is 5.75 Å². The number of nitrogens with zero attached hydrogens (tertiary/aromatic N) is 3. The molecule has 0 aromatic heterocycles. The lowest BCUT2D eigenvalue weighted by atomic mass is 9.98. The molecule has 1 saturated heterocycles. The summed E-state index contributed by atoms with van der Waals surface area (Å²) in [6.45, 7) is 6.88. The van der Waals surface area contributed by atoms with Crippen LogP contribution in [0.4, 0.5) is 5.69 Å². The van der Waals surface area contributed by atoms with Crippen molar-refractivity contribution in [1.82, 2.24) is 15.1 Å². The van der Waals surface area contributed by atoms with Gasteiger partial charge in [0.15, 0.2) is 6.61 Å². The van der Waals surface area contributed by atoms with Gasteiger partial charge in [-0.25, -0.2) is 0 Å². The maximum absolute atomic E-state index is 13.8. The van der Waals surface area contributed by atoms with Crippen molar-refractivity contribution in [1.29, 1.82) is 0 Å². The zero-order chi connectivity index (χ0) is 31.4. The molecule has 11 heteroatoms. The van der Waals surface area contributed by atoms with Gasteiger partial charge in [0.2, 0.25) is 5.91 Å². The Morgan fingerprint density at radius 3 is 2.39 bits per heavy atom. The minimum atomic E-state index is -0.337. The third-order valence-corrected chi connectivity index (χ3v) is 8.53. The number of hydrogen-bond donors (Lipinski definition) is 1. The fraction of sp³-hybridized carbons (Fsp3) is 0.364. The van der Waals surface area contributed by atoms with Crippen molar-refractivity contribution in [3.63, 3.8) is 0 Å². The third kappa shape index (κ3) is 7.35. The number of halogens is 2. The molecular formula is C33H36Cl2N4O5. The molecule has 9 nitrogen and oxygen atoms in total. The number of anilines is 1. The van der Waals surface area contributed by atoms with Crippen LogP contribution in [0.3, 0.4) is 0 Å². The number of morpholine rings is 1. The number of carbonyl (C=O) groups is 3. The van der Waals surface area contributed by atoms with E-state index in [0.717, 1.165) is 29.8 Å². The summed E-state index contributed by atoms with van der Waals surface area (Å²) in [7, 11) is 1.76. The molecule has 0 aliphatic carbocycles. The van der Waals surface area contributed by atoms with E-state index in [1.807, 2.05) is 56.3 Å². The first-order valence-corrected chi connectivity index (χ1v) is 15.4. The fourth-order valence-electron chi connectivity index (χ4n) is 5.35. The Morgan fingerprint density at radius 1 is 0.977 bits per heavy atom. The van der Waals surface area contributed by atoms with Gasteiger partial charge in [0.25, 0.3) is 11.8 Å². The largest absolute Gasteiger partial charge is 0.482 e. The molecular weight excluding hydrogens is 603 g/mol. The molecule has 2 heterocycles. The molecule has 1 fully saturated rings. The third-order valence-electron chi connectivity index (χ3n) is 7.81. The van der Waals surface area contributed by atoms with Crippen molar-refractivity contribution in [3.05, 3.63) is 81.8 Å². The lowest BCUT2D eigenvalue weighted by molar-refractivity contribution is -0.133. The van der Waals surface area contributed by atoms with Crippen molar-refractivity contribution in [2.45, 2.75) is 25.9 Å². The monoisotopic (exact) mass is 638 g/mol. The predicted molar refractivity (Wildman–Crippen MR) is 172 cm³/mol. The molecule has 0 bridgehead atoms. The smallest absolute Gasteiger partial charge is 0.265 e. The van der Waals surface area contributed by atoms with Gasteiger partial charge in [0.05, 0.1) is 35.0 Å². The Hall–Kier alpha value is -3.63. The Labute approximate surface area is 267 Å². The zero-order valence-electron chi connectivity index (χ0n) is 25.0. The van der Waals surface area contributed by atoms with Gasteiger partial charge in [-0.05, 0) is 48.7 Å². The van der Waals surface area contributed by atoms with E-state index in [9.17, 15) is 14.4 Å². The van der Waals surface area contributed by atoms with E-state index in [1.54, 1.807) is 30.1 Å². The van der Waals surface area contributed by atoms with Crippen LogP contribution < -0.4 is 15.0 Å². The molecule has 3 aromatic rings. The highest BCUT2D eigenvalue weighted by Gasteiger charge is 2.32. The molecule has 0 saturated carbocycles. The lowest BCUT2D eigenvalue weighted by Gasteiger charge is -2.37. The number of fused-ring (bicyclic) bond motifs is 1. The summed E-state index contributed by atoms with van der Waals surface area (Å²) in [5.41, 5.74) is 3.84. The second-order valence-electron chi connectivity index (χ2n) is 11.3. The van der Waals surface area contributed by atoms with Crippen LogP contribution in [0.1, 0.15) is 35.8 Å². The Bertz CT molecular complexity index is 1530. The van der Waals surface area contributed by atoms with Crippen LogP contribution in [0.25, 0.3) is 11.1 Å². The van der Waals surface area contributed by atoms with E-state index in [-0.39, 0.29) is 48.0 Å². The number of benzene rings is 3. The molecule has 2 aliphatic rings. The Balaban J connectivity index is 1.38. The van der Waals surface area contributed by atoms with Gasteiger partial charge < -0.3 is 19.7 Å². The summed E-state index contributed by atoms with van der Waals surface area (Å²) < 4.78 is 11.1. The highest BCUT2D eigenvalue weighted by molar-refractivity contribution is 6.42. The standard InChI is InChI=1S/C33H36Cl2N4O5/c1-21(2)36-33(42)25-6-4-5-24(15-25)22-7-9-23(10-8-22)29(18-38-11-13-43-14-12-38)37(3)31(40)19-39-28-16-26(34)27(35)17-30(28)44-20-32(39)41/h4-10,15-17,21,29H,11-14,18-20H2,1-3H3,(H,36,42). The number of carbonyl (C=O) groups excluding carboxylic acids is 3. The first-order valence-electron chi connectivity index (χ1n) is 14.6. The van der Waals surface area contributed by atoms with Crippen molar-refractivity contribution < 1.29 is 23.9 Å². The second kappa shape index (κ2) is 14.0. The van der Waals surface area contributed by atoms with Gasteiger partial charge in [-0.15, -0.1) is 0 Å². The average molecular weight is 640 g/mol. The van der Waals surface area contributed by atoms with Crippen LogP contribution in [-0.2, 0) is 14.3 Å². The van der Waals surface area contributed by atoms with Crippen LogP contribution in [0, 0.1) is 0 Å². The van der Waals surface area contributed by atoms with Crippen molar-refractivity contribution in [2.75, 3.05) is 57.9 Å². The van der Waals surface area contributed by atoms with E-state index >= 15 is 0 Å². The maximum Gasteiger partial charge on any atom is 0.265 e. The number of ether oxygens (including phenoxy) is 2. The number of hydrogen-bond acceptors (Lipinski definition) is 6. The van der Waals surface area contributed by atoms with Crippen LogP contribution in [0.15, 0.2) is 60.7 Å². The van der Waals surface area contributed by atoms with Gasteiger partial charge in [0, 0.05) is 44.4 Å². The lowest BCUT2D eigenvalue weighted by Crippen LogP contribution is -2.48. The second-order valence-corrected chi connectivity index (χ2v) is 12.1. The predicted octanol–water partition coefficient (Wildman–Crippen LogP) is 5.06. The molecule has 0 spiro atoms. The Kier molecular flexibility index (Phi) is 10.1. The van der Waals surface area contributed by atoms with E-state index in [0.29, 0.717) is 41.8 Å². The summed E-state index contributed by atoms with van der Waals surface area (Å²) >= 11 is 12.4. The van der Waals surface area contributed by atoms with E-state index in [1.165, 1.54) is 4.90 Å². The molecule has 1 unspecified atom stereocenters. The fourth-order valence-corrected chi connectivity index (χ4v) is 5.66. The first kappa shape index (κ1) is 31.8. The molecule has 232 valence electrons. The number of nitrogens with one attached hydrogen (secondary N) is 1. The quantitative estimate of drug-likeness (QED) is 0.352. The summed E-state index contributed by atoms with van der Waals surface area (Å²) in [4.78, 5) is 44.6. The average Bonchev–Trinajstić information content (AvgIpc) is 3.02. The maximum atomic E-state index is 13.8. The zero-order valence-corrected chi connectivity index (χ0v) is 26.5. The van der Waals surface area contributed by atoms with Crippen LogP contribution in [0.2, 0.25) is 10.0 Å².